The van der Waals surface area contributed by atoms with E-state index in [1.807, 2.05) is 24.3 Å². The van der Waals surface area contributed by atoms with Crippen LogP contribution in [0.15, 0.2) is 97.1 Å². The number of urea groups is 1. The summed E-state index contributed by atoms with van der Waals surface area (Å²) in [5.74, 6) is 0.787. The van der Waals surface area contributed by atoms with E-state index < -0.39 is 0 Å². The van der Waals surface area contributed by atoms with Gasteiger partial charge in [-0.3, -0.25) is 19.9 Å². The minimum absolute atomic E-state index is 0.215. The van der Waals surface area contributed by atoms with Crippen molar-refractivity contribution in [1.82, 2.24) is 10.2 Å². The molecular formula is C39H42N4O3. The van der Waals surface area contributed by atoms with Crippen LogP contribution in [0.3, 0.4) is 0 Å². The Bertz CT molecular complexity index is 1700. The summed E-state index contributed by atoms with van der Waals surface area (Å²) in [5.41, 5.74) is 8.56. The highest BCUT2D eigenvalue weighted by Gasteiger charge is 2.32. The van der Waals surface area contributed by atoms with Gasteiger partial charge in [-0.15, -0.1) is 0 Å². The first-order valence-corrected chi connectivity index (χ1v) is 16.5. The fourth-order valence-corrected chi connectivity index (χ4v) is 7.79. The molecule has 0 radical (unpaired) electrons. The summed E-state index contributed by atoms with van der Waals surface area (Å²) in [5, 5.41) is 12.6. The molecule has 2 aliphatic heterocycles. The van der Waals surface area contributed by atoms with Gasteiger partial charge in [0.05, 0.1) is 0 Å². The number of amides is 3. The van der Waals surface area contributed by atoms with Crippen molar-refractivity contribution in [3.05, 3.63) is 125 Å². The van der Waals surface area contributed by atoms with Crippen LogP contribution in [0.5, 0.6) is 5.75 Å². The molecule has 2 N–H and O–H groups in total. The first-order chi connectivity index (χ1) is 22.4. The van der Waals surface area contributed by atoms with Gasteiger partial charge in [0, 0.05) is 55.9 Å². The van der Waals surface area contributed by atoms with Gasteiger partial charge in [-0.05, 0) is 103 Å². The fraction of sp³-hybridized carbons (Fsp3) is 0.333. The zero-order valence-corrected chi connectivity index (χ0v) is 26.4. The molecule has 46 heavy (non-hydrogen) atoms. The molecule has 0 bridgehead atoms. The Balaban J connectivity index is 1.00. The number of rotatable bonds is 7. The predicted octanol–water partition coefficient (Wildman–Crippen LogP) is 6.80. The van der Waals surface area contributed by atoms with Crippen molar-refractivity contribution >= 4 is 23.3 Å². The van der Waals surface area contributed by atoms with Crippen molar-refractivity contribution < 1.29 is 14.7 Å². The van der Waals surface area contributed by atoms with Crippen LogP contribution in [0.1, 0.15) is 65.3 Å². The van der Waals surface area contributed by atoms with Crippen LogP contribution in [-0.4, -0.2) is 54.7 Å². The predicted molar refractivity (Wildman–Crippen MR) is 183 cm³/mol. The number of piperidine rings is 1. The third kappa shape index (κ3) is 6.24. The lowest BCUT2D eigenvalue weighted by atomic mass is 9.69. The van der Waals surface area contributed by atoms with Crippen molar-refractivity contribution in [1.29, 1.82) is 0 Å². The van der Waals surface area contributed by atoms with E-state index in [1.54, 1.807) is 4.90 Å². The quantitative estimate of drug-likeness (QED) is 0.240. The Hall–Kier alpha value is -4.62. The number of nitrogens with one attached hydrogen (secondary N) is 1. The van der Waals surface area contributed by atoms with Crippen molar-refractivity contribution in [3.8, 4) is 5.75 Å². The Morgan fingerprint density at radius 1 is 0.783 bits per heavy atom. The van der Waals surface area contributed by atoms with Crippen molar-refractivity contribution in [2.24, 2.45) is 0 Å². The van der Waals surface area contributed by atoms with Crippen LogP contribution in [-0.2, 0) is 17.8 Å². The number of phenols is 1. The Morgan fingerprint density at radius 2 is 1.57 bits per heavy atom. The number of nitrogens with zero attached hydrogens (tertiary/aromatic N) is 3. The molecule has 4 aromatic rings. The van der Waals surface area contributed by atoms with Gasteiger partial charge in [-0.1, -0.05) is 60.7 Å². The van der Waals surface area contributed by atoms with Crippen LogP contribution < -0.4 is 15.1 Å². The molecular weight excluding hydrogens is 572 g/mol. The monoisotopic (exact) mass is 614 g/mol. The molecule has 2 fully saturated rings. The van der Waals surface area contributed by atoms with Gasteiger partial charge in [-0.25, -0.2) is 4.79 Å². The standard InChI is InChI=1S/C39H42N4O3/c1-41(26-27-6-5-9-33(24-27)43-23-20-37(45)40-39(43)46)31-18-21-42(22-19-31)32-13-10-29(11-14-32)38-35(28-7-3-2-4-8-28)16-12-30-25-34(44)15-17-36(30)38/h2-11,13-15,17,24-25,31,35,38,44H,12,16,18-23,26H2,1H3,(H,40,45,46). The van der Waals surface area contributed by atoms with Gasteiger partial charge < -0.3 is 10.0 Å². The van der Waals surface area contributed by atoms with E-state index in [2.05, 4.69) is 95.0 Å². The first-order valence-electron chi connectivity index (χ1n) is 16.5. The minimum Gasteiger partial charge on any atom is -0.508 e. The molecule has 2 saturated heterocycles. The van der Waals surface area contributed by atoms with Crippen molar-refractivity contribution in [2.45, 2.75) is 56.5 Å². The van der Waals surface area contributed by atoms with Crippen LogP contribution in [0, 0.1) is 0 Å². The second kappa shape index (κ2) is 13.0. The molecule has 7 rings (SSSR count). The average Bonchev–Trinajstić information content (AvgIpc) is 3.08. The largest absolute Gasteiger partial charge is 0.508 e. The second-order valence-electron chi connectivity index (χ2n) is 13.1. The molecule has 0 saturated carbocycles. The number of phenolic OH excluding ortho intramolecular Hbond substituents is 1. The molecule has 7 heteroatoms. The van der Waals surface area contributed by atoms with Crippen molar-refractivity contribution in [2.75, 3.05) is 36.5 Å². The van der Waals surface area contributed by atoms with Gasteiger partial charge >= 0.3 is 6.03 Å². The van der Waals surface area contributed by atoms with Crippen molar-refractivity contribution in [3.63, 3.8) is 0 Å². The molecule has 3 aliphatic rings. The lowest BCUT2D eigenvalue weighted by Crippen LogP contribution is -2.49. The normalized spacial score (nSPS) is 20.5. The summed E-state index contributed by atoms with van der Waals surface area (Å²) < 4.78 is 0. The van der Waals surface area contributed by atoms with Crippen LogP contribution in [0.4, 0.5) is 16.2 Å². The molecule has 2 unspecified atom stereocenters. The number of carbonyl (C=O) groups is 2. The maximum absolute atomic E-state index is 12.3. The summed E-state index contributed by atoms with van der Waals surface area (Å²) in [6.07, 6.45) is 4.54. The zero-order valence-electron chi connectivity index (χ0n) is 26.4. The molecule has 3 amide bonds. The first kappa shape index (κ1) is 30.1. The summed E-state index contributed by atoms with van der Waals surface area (Å²) in [6.45, 7) is 3.24. The third-order valence-electron chi connectivity index (χ3n) is 10.2. The zero-order chi connectivity index (χ0) is 31.6. The number of hydrogen-bond acceptors (Lipinski definition) is 5. The number of aryl methyl sites for hydroxylation is 1. The summed E-state index contributed by atoms with van der Waals surface area (Å²) >= 11 is 0. The van der Waals surface area contributed by atoms with Crippen LogP contribution in [0.2, 0.25) is 0 Å². The van der Waals surface area contributed by atoms with E-state index in [4.69, 9.17) is 0 Å². The molecule has 4 aromatic carbocycles. The molecule has 2 heterocycles. The highest BCUT2D eigenvalue weighted by Crippen LogP contribution is 2.47. The molecule has 1 aliphatic carbocycles. The highest BCUT2D eigenvalue weighted by atomic mass is 16.3. The Morgan fingerprint density at radius 3 is 2.33 bits per heavy atom. The van der Waals surface area contributed by atoms with E-state index >= 15 is 0 Å². The number of imide groups is 1. The van der Waals surface area contributed by atoms with E-state index in [-0.39, 0.29) is 17.9 Å². The molecule has 7 nitrogen and oxygen atoms in total. The lowest BCUT2D eigenvalue weighted by molar-refractivity contribution is -0.120. The third-order valence-corrected chi connectivity index (χ3v) is 10.2. The van der Waals surface area contributed by atoms with Gasteiger partial charge in [0.15, 0.2) is 0 Å². The lowest BCUT2D eigenvalue weighted by Gasteiger charge is -2.38. The van der Waals surface area contributed by atoms with Crippen LogP contribution >= 0.6 is 0 Å². The summed E-state index contributed by atoms with van der Waals surface area (Å²) in [4.78, 5) is 30.5. The van der Waals surface area contributed by atoms with Crippen LogP contribution in [0.25, 0.3) is 0 Å². The number of benzene rings is 4. The van der Waals surface area contributed by atoms with Gasteiger partial charge in [0.1, 0.15) is 5.75 Å². The number of aromatic hydroxyl groups is 1. The molecule has 0 aromatic heterocycles. The summed E-state index contributed by atoms with van der Waals surface area (Å²) in [7, 11) is 2.19. The Kier molecular flexibility index (Phi) is 8.50. The molecule has 0 spiro atoms. The maximum atomic E-state index is 12.3. The molecule has 2 atom stereocenters. The average molecular weight is 615 g/mol. The topological polar surface area (TPSA) is 76.1 Å². The van der Waals surface area contributed by atoms with E-state index in [1.165, 1.54) is 27.9 Å². The van der Waals surface area contributed by atoms with E-state index in [0.717, 1.165) is 56.6 Å². The number of carbonyl (C=O) groups excluding carboxylic acids is 2. The number of anilines is 2. The number of hydrogen-bond donors (Lipinski definition) is 2. The maximum Gasteiger partial charge on any atom is 0.328 e. The van der Waals surface area contributed by atoms with Gasteiger partial charge in [0.2, 0.25) is 5.91 Å². The second-order valence-corrected chi connectivity index (χ2v) is 13.1. The molecule has 236 valence electrons. The van der Waals surface area contributed by atoms with Gasteiger partial charge in [0.25, 0.3) is 0 Å². The smallest absolute Gasteiger partial charge is 0.328 e. The summed E-state index contributed by atoms with van der Waals surface area (Å²) in [6, 6.07) is 34.3. The van der Waals surface area contributed by atoms with E-state index in [0.29, 0.717) is 30.7 Å². The fourth-order valence-electron chi connectivity index (χ4n) is 7.79. The SMILES string of the molecule is CN(Cc1cccc(N2CCC(=O)NC2=O)c1)C1CCN(c2ccc(C3c4ccc(O)cc4CCC3c3ccccc3)cc2)CC1. The van der Waals surface area contributed by atoms with Gasteiger partial charge in [-0.2, -0.15) is 0 Å². The highest BCUT2D eigenvalue weighted by molar-refractivity contribution is 6.05. The van der Waals surface area contributed by atoms with E-state index in [9.17, 15) is 14.7 Å². The number of fused-ring (bicyclic) bond motifs is 1. The minimum atomic E-state index is -0.345. The Labute approximate surface area is 271 Å².